The van der Waals surface area contributed by atoms with Gasteiger partial charge < -0.3 is 9.84 Å². The molecule has 1 aromatic carbocycles. The molecule has 0 aliphatic rings. The van der Waals surface area contributed by atoms with Gasteiger partial charge in [-0.3, -0.25) is 0 Å². The van der Waals surface area contributed by atoms with Gasteiger partial charge in [0.15, 0.2) is 0 Å². The quantitative estimate of drug-likeness (QED) is 0.858. The van der Waals surface area contributed by atoms with E-state index in [4.69, 9.17) is 10.4 Å². The SMILES string of the molecule is Cc1cc(C#N)cc(OC(F)F)c1C(=O)O. The standard InChI is InChI=1S/C10H7F2NO3/c1-5-2-6(4-13)3-7(16-10(11)12)8(5)9(14)15/h2-3,10H,1H3,(H,14,15). The average molecular weight is 227 g/mol. The first-order chi connectivity index (χ1) is 7.45. The lowest BCUT2D eigenvalue weighted by atomic mass is 10.0. The zero-order valence-corrected chi connectivity index (χ0v) is 8.20. The van der Waals surface area contributed by atoms with Gasteiger partial charge in [0.2, 0.25) is 0 Å². The van der Waals surface area contributed by atoms with E-state index < -0.39 is 18.3 Å². The number of aromatic carboxylic acids is 1. The second kappa shape index (κ2) is 4.57. The highest BCUT2D eigenvalue weighted by Gasteiger charge is 2.18. The van der Waals surface area contributed by atoms with Crippen LogP contribution in [0.15, 0.2) is 12.1 Å². The summed E-state index contributed by atoms with van der Waals surface area (Å²) in [5, 5.41) is 17.4. The van der Waals surface area contributed by atoms with Crippen molar-refractivity contribution in [1.29, 1.82) is 5.26 Å². The van der Waals surface area contributed by atoms with E-state index in [9.17, 15) is 13.6 Å². The van der Waals surface area contributed by atoms with Gasteiger partial charge >= 0.3 is 12.6 Å². The van der Waals surface area contributed by atoms with Gasteiger partial charge in [-0.2, -0.15) is 14.0 Å². The molecule has 0 fully saturated rings. The summed E-state index contributed by atoms with van der Waals surface area (Å²) in [6, 6.07) is 4.00. The second-order valence-electron chi connectivity index (χ2n) is 2.96. The topological polar surface area (TPSA) is 70.3 Å². The number of hydrogen-bond acceptors (Lipinski definition) is 3. The van der Waals surface area contributed by atoms with Crippen LogP contribution in [0, 0.1) is 18.3 Å². The number of carbonyl (C=O) groups is 1. The number of carboxylic acids is 1. The third-order valence-corrected chi connectivity index (χ3v) is 1.86. The molecular formula is C10H7F2NO3. The van der Waals surface area contributed by atoms with Crippen LogP contribution in [0.1, 0.15) is 21.5 Å². The number of alkyl halides is 2. The highest BCUT2D eigenvalue weighted by atomic mass is 19.3. The van der Waals surface area contributed by atoms with Crippen LogP contribution in [-0.2, 0) is 0 Å². The van der Waals surface area contributed by atoms with Crippen LogP contribution in [0.4, 0.5) is 8.78 Å². The Kier molecular flexibility index (Phi) is 3.40. The number of ether oxygens (including phenoxy) is 1. The predicted octanol–water partition coefficient (Wildman–Crippen LogP) is 2.17. The Bertz CT molecular complexity index is 466. The summed E-state index contributed by atoms with van der Waals surface area (Å²) >= 11 is 0. The molecule has 4 nitrogen and oxygen atoms in total. The summed E-state index contributed by atoms with van der Waals surface area (Å²) in [6.45, 7) is -1.73. The van der Waals surface area contributed by atoms with Gasteiger partial charge in [-0.05, 0) is 24.6 Å². The van der Waals surface area contributed by atoms with Crippen LogP contribution in [0.2, 0.25) is 0 Å². The van der Waals surface area contributed by atoms with Crippen LogP contribution in [0.5, 0.6) is 5.75 Å². The van der Waals surface area contributed by atoms with Crippen molar-refractivity contribution in [2.75, 3.05) is 0 Å². The lowest BCUT2D eigenvalue weighted by molar-refractivity contribution is -0.0503. The first kappa shape index (κ1) is 11.9. The Labute approximate surface area is 89.7 Å². The van der Waals surface area contributed by atoms with Crippen LogP contribution in [-0.4, -0.2) is 17.7 Å². The number of hydrogen-bond donors (Lipinski definition) is 1. The van der Waals surface area contributed by atoms with Gasteiger partial charge in [0.05, 0.1) is 11.6 Å². The van der Waals surface area contributed by atoms with Gasteiger partial charge in [0, 0.05) is 0 Å². The second-order valence-corrected chi connectivity index (χ2v) is 2.96. The molecule has 84 valence electrons. The molecule has 0 aromatic heterocycles. The minimum Gasteiger partial charge on any atom is -0.478 e. The van der Waals surface area contributed by atoms with E-state index in [1.165, 1.54) is 13.0 Å². The van der Waals surface area contributed by atoms with Crippen molar-refractivity contribution in [2.45, 2.75) is 13.5 Å². The van der Waals surface area contributed by atoms with Crippen molar-refractivity contribution in [1.82, 2.24) is 0 Å². The molecule has 16 heavy (non-hydrogen) atoms. The predicted molar refractivity (Wildman–Crippen MR) is 49.5 cm³/mol. The molecular weight excluding hydrogens is 220 g/mol. The Balaban J connectivity index is 3.35. The Morgan fingerprint density at radius 1 is 1.56 bits per heavy atom. The first-order valence-corrected chi connectivity index (χ1v) is 4.18. The van der Waals surface area contributed by atoms with E-state index in [0.29, 0.717) is 0 Å². The van der Waals surface area contributed by atoms with E-state index >= 15 is 0 Å². The summed E-state index contributed by atoms with van der Waals surface area (Å²) in [7, 11) is 0. The van der Waals surface area contributed by atoms with Crippen LogP contribution >= 0.6 is 0 Å². The molecule has 0 saturated carbocycles. The Morgan fingerprint density at radius 3 is 2.62 bits per heavy atom. The molecule has 0 radical (unpaired) electrons. The van der Waals surface area contributed by atoms with E-state index in [2.05, 4.69) is 4.74 Å². The molecule has 0 aliphatic carbocycles. The molecule has 1 rings (SSSR count). The lowest BCUT2D eigenvalue weighted by Crippen LogP contribution is -2.09. The number of nitrogens with zero attached hydrogens (tertiary/aromatic N) is 1. The fraction of sp³-hybridized carbons (Fsp3) is 0.200. The molecule has 0 aliphatic heterocycles. The maximum Gasteiger partial charge on any atom is 0.387 e. The molecule has 0 amide bonds. The number of rotatable bonds is 3. The van der Waals surface area contributed by atoms with Crippen molar-refractivity contribution in [3.63, 3.8) is 0 Å². The highest BCUT2D eigenvalue weighted by Crippen LogP contribution is 2.25. The van der Waals surface area contributed by atoms with Crippen molar-refractivity contribution in [3.05, 3.63) is 28.8 Å². The molecule has 0 bridgehead atoms. The maximum absolute atomic E-state index is 12.0. The van der Waals surface area contributed by atoms with Gasteiger partial charge in [-0.15, -0.1) is 0 Å². The van der Waals surface area contributed by atoms with E-state index in [0.717, 1.165) is 6.07 Å². The fourth-order valence-electron chi connectivity index (χ4n) is 1.28. The van der Waals surface area contributed by atoms with Crippen molar-refractivity contribution in [3.8, 4) is 11.8 Å². The number of benzene rings is 1. The Hall–Kier alpha value is -2.16. The van der Waals surface area contributed by atoms with Gasteiger partial charge in [-0.25, -0.2) is 4.79 Å². The fourth-order valence-corrected chi connectivity index (χ4v) is 1.28. The maximum atomic E-state index is 12.0. The lowest BCUT2D eigenvalue weighted by Gasteiger charge is -2.10. The van der Waals surface area contributed by atoms with Crippen molar-refractivity contribution < 1.29 is 23.4 Å². The first-order valence-electron chi connectivity index (χ1n) is 4.18. The van der Waals surface area contributed by atoms with E-state index in [-0.39, 0.29) is 16.7 Å². The molecule has 1 N–H and O–H groups in total. The number of halogens is 2. The number of aryl methyl sites for hydroxylation is 1. The number of carboxylic acid groups (broad SMARTS) is 1. The summed E-state index contributed by atoms with van der Waals surface area (Å²) in [4.78, 5) is 10.8. The van der Waals surface area contributed by atoms with Gasteiger partial charge in [0.1, 0.15) is 11.3 Å². The minimum atomic E-state index is -3.13. The van der Waals surface area contributed by atoms with Crippen LogP contribution in [0.3, 0.4) is 0 Å². The zero-order chi connectivity index (χ0) is 12.3. The third-order valence-electron chi connectivity index (χ3n) is 1.86. The smallest absolute Gasteiger partial charge is 0.387 e. The summed E-state index contributed by atoms with van der Waals surface area (Å²) in [5.74, 6) is -1.88. The monoisotopic (exact) mass is 227 g/mol. The summed E-state index contributed by atoms with van der Waals surface area (Å²) in [6.07, 6.45) is 0. The van der Waals surface area contributed by atoms with Crippen molar-refractivity contribution >= 4 is 5.97 Å². The van der Waals surface area contributed by atoms with Gasteiger partial charge in [0.25, 0.3) is 0 Å². The molecule has 6 heteroatoms. The van der Waals surface area contributed by atoms with E-state index in [1.807, 2.05) is 0 Å². The molecule has 1 aromatic rings. The number of nitriles is 1. The van der Waals surface area contributed by atoms with E-state index in [1.54, 1.807) is 6.07 Å². The highest BCUT2D eigenvalue weighted by molar-refractivity contribution is 5.92. The summed E-state index contributed by atoms with van der Waals surface area (Å²) in [5.41, 5.74) is -0.0975. The zero-order valence-electron chi connectivity index (χ0n) is 8.20. The molecule has 0 saturated heterocycles. The third kappa shape index (κ3) is 2.45. The summed E-state index contributed by atoms with van der Waals surface area (Å²) < 4.78 is 28.1. The largest absolute Gasteiger partial charge is 0.478 e. The minimum absolute atomic E-state index is 0.0677. The normalized spacial score (nSPS) is 9.94. The van der Waals surface area contributed by atoms with Crippen LogP contribution in [0.25, 0.3) is 0 Å². The van der Waals surface area contributed by atoms with Crippen LogP contribution < -0.4 is 4.74 Å². The average Bonchev–Trinajstić information content (AvgIpc) is 2.14. The molecule has 0 atom stereocenters. The van der Waals surface area contributed by atoms with Crippen molar-refractivity contribution in [2.24, 2.45) is 0 Å². The van der Waals surface area contributed by atoms with Gasteiger partial charge in [-0.1, -0.05) is 0 Å². The molecule has 0 unspecified atom stereocenters. The Morgan fingerprint density at radius 2 is 2.19 bits per heavy atom. The molecule has 0 spiro atoms. The molecule has 0 heterocycles.